The highest BCUT2D eigenvalue weighted by Gasteiger charge is 2.25. The molecule has 1 aliphatic carbocycles. The molecule has 1 saturated carbocycles. The van der Waals surface area contributed by atoms with Crippen LogP contribution in [0.2, 0.25) is 5.02 Å². The molecule has 190 valence electrons. The van der Waals surface area contributed by atoms with Crippen molar-refractivity contribution in [2.24, 2.45) is 5.92 Å². The zero-order chi connectivity index (χ0) is 25.0. The zero-order valence-electron chi connectivity index (χ0n) is 20.9. The molecule has 4 rings (SSSR count). The summed E-state index contributed by atoms with van der Waals surface area (Å²) in [4.78, 5) is 31.8. The van der Waals surface area contributed by atoms with E-state index in [0.29, 0.717) is 34.7 Å². The minimum atomic E-state index is -0.356. The first-order chi connectivity index (χ1) is 16.7. The van der Waals surface area contributed by atoms with E-state index in [1.807, 2.05) is 32.9 Å². The van der Waals surface area contributed by atoms with Crippen LogP contribution in [-0.2, 0) is 11.2 Å². The lowest BCUT2D eigenvalue weighted by molar-refractivity contribution is 0.0696. The van der Waals surface area contributed by atoms with Gasteiger partial charge in [0.15, 0.2) is 5.01 Å². The van der Waals surface area contributed by atoms with Gasteiger partial charge >= 0.3 is 0 Å². The van der Waals surface area contributed by atoms with Crippen LogP contribution in [0.4, 0.5) is 0 Å². The number of halogens is 1. The zero-order valence-corrected chi connectivity index (χ0v) is 22.5. The second-order valence-electron chi connectivity index (χ2n) is 10.8. The molecule has 2 heterocycles. The predicted octanol–water partition coefficient (Wildman–Crippen LogP) is 6.02. The summed E-state index contributed by atoms with van der Waals surface area (Å²) < 4.78 is 5.41. The Morgan fingerprint density at radius 2 is 1.77 bits per heavy atom. The Bertz CT molecular complexity index is 1050. The van der Waals surface area contributed by atoms with Crippen molar-refractivity contribution in [3.8, 4) is 10.4 Å². The Hall–Kier alpha value is -1.96. The van der Waals surface area contributed by atoms with Gasteiger partial charge in [0.1, 0.15) is 0 Å². The first-order valence-corrected chi connectivity index (χ1v) is 13.9. The number of aromatic nitrogens is 1. The van der Waals surface area contributed by atoms with E-state index in [1.54, 1.807) is 6.07 Å². The number of carbonyl (C=O) groups is 2. The van der Waals surface area contributed by atoms with Gasteiger partial charge in [-0.05, 0) is 69.7 Å². The molecule has 2 N–H and O–H groups in total. The fourth-order valence-corrected chi connectivity index (χ4v) is 6.05. The fraction of sp³-hybridized carbons (Fsp3) is 0.593. The molecular formula is C27H36ClN3O3S. The molecule has 1 aromatic carbocycles. The first kappa shape index (κ1) is 26.1. The van der Waals surface area contributed by atoms with Crippen molar-refractivity contribution in [3.63, 3.8) is 0 Å². The van der Waals surface area contributed by atoms with Gasteiger partial charge in [-0.1, -0.05) is 43.7 Å². The highest BCUT2D eigenvalue weighted by atomic mass is 35.5. The number of hydrogen-bond acceptors (Lipinski definition) is 5. The highest BCUT2D eigenvalue weighted by molar-refractivity contribution is 7.17. The van der Waals surface area contributed by atoms with Crippen LogP contribution in [0.25, 0.3) is 10.4 Å². The maximum atomic E-state index is 13.1. The van der Waals surface area contributed by atoms with Crippen molar-refractivity contribution in [2.45, 2.75) is 83.7 Å². The van der Waals surface area contributed by atoms with E-state index in [9.17, 15) is 9.59 Å². The third-order valence-corrected chi connectivity index (χ3v) is 7.93. The Labute approximate surface area is 217 Å². The number of rotatable bonds is 6. The molecule has 8 heteroatoms. The highest BCUT2D eigenvalue weighted by Crippen LogP contribution is 2.36. The molecule has 0 unspecified atom stereocenters. The van der Waals surface area contributed by atoms with E-state index in [-0.39, 0.29) is 23.4 Å². The van der Waals surface area contributed by atoms with Crippen LogP contribution in [0.1, 0.15) is 91.6 Å². The minimum absolute atomic E-state index is 0.115. The summed E-state index contributed by atoms with van der Waals surface area (Å²) in [5, 5.41) is 7.11. The van der Waals surface area contributed by atoms with Crippen LogP contribution < -0.4 is 10.6 Å². The second-order valence-corrected chi connectivity index (χ2v) is 12.2. The standard InChI is InChI=1S/C27H36ClN3O3S/c1-27(2,3)31-24(32)19-14-18(15-20(28)16-19)23-22(13-17-7-5-4-6-8-17)30-26(35-23)25(33)29-21-9-11-34-12-10-21/h14-17,21H,4-13H2,1-3H3,(H,29,33)(H,31,32). The summed E-state index contributed by atoms with van der Waals surface area (Å²) in [5.74, 6) is 0.265. The molecule has 2 aromatic rings. The molecule has 0 radical (unpaired) electrons. The van der Waals surface area contributed by atoms with Crippen molar-refractivity contribution >= 4 is 34.8 Å². The van der Waals surface area contributed by atoms with Crippen molar-refractivity contribution < 1.29 is 14.3 Å². The quantitative estimate of drug-likeness (QED) is 0.490. The number of carbonyl (C=O) groups excluding carboxylic acids is 2. The normalized spacial score (nSPS) is 17.8. The summed E-state index contributed by atoms with van der Waals surface area (Å²) in [7, 11) is 0. The van der Waals surface area contributed by atoms with Gasteiger partial charge in [-0.25, -0.2) is 4.98 Å². The molecule has 6 nitrogen and oxygen atoms in total. The van der Waals surface area contributed by atoms with Gasteiger partial charge in [0.2, 0.25) is 0 Å². The van der Waals surface area contributed by atoms with Gasteiger partial charge < -0.3 is 15.4 Å². The predicted molar refractivity (Wildman–Crippen MR) is 141 cm³/mol. The second kappa shape index (κ2) is 11.4. The van der Waals surface area contributed by atoms with E-state index < -0.39 is 0 Å². The van der Waals surface area contributed by atoms with Gasteiger partial charge in [-0.2, -0.15) is 0 Å². The summed E-state index contributed by atoms with van der Waals surface area (Å²) in [6.45, 7) is 7.19. The molecule has 0 atom stereocenters. The molecule has 1 aromatic heterocycles. The van der Waals surface area contributed by atoms with Crippen LogP contribution in [0.3, 0.4) is 0 Å². The lowest BCUT2D eigenvalue weighted by atomic mass is 9.85. The van der Waals surface area contributed by atoms with E-state index in [0.717, 1.165) is 35.4 Å². The molecule has 1 saturated heterocycles. The van der Waals surface area contributed by atoms with Crippen LogP contribution in [0.5, 0.6) is 0 Å². The summed E-state index contributed by atoms with van der Waals surface area (Å²) in [5.41, 5.74) is 1.92. The van der Waals surface area contributed by atoms with Gasteiger partial charge in [-0.15, -0.1) is 11.3 Å². The SMILES string of the molecule is CC(C)(C)NC(=O)c1cc(Cl)cc(-c2sc(C(=O)NC3CCOCC3)nc2CC2CCCCC2)c1. The molecule has 0 bridgehead atoms. The van der Waals surface area contributed by atoms with Gasteiger partial charge in [-0.3, -0.25) is 9.59 Å². The Kier molecular flexibility index (Phi) is 8.50. The fourth-order valence-electron chi connectivity index (χ4n) is 4.83. The smallest absolute Gasteiger partial charge is 0.280 e. The van der Waals surface area contributed by atoms with Crippen molar-refractivity contribution in [3.05, 3.63) is 39.5 Å². The van der Waals surface area contributed by atoms with Gasteiger partial charge in [0.05, 0.1) is 10.6 Å². The average Bonchev–Trinajstić information content (AvgIpc) is 3.23. The summed E-state index contributed by atoms with van der Waals surface area (Å²) in [6.07, 6.45) is 8.64. The van der Waals surface area contributed by atoms with E-state index in [1.165, 1.54) is 43.4 Å². The summed E-state index contributed by atoms with van der Waals surface area (Å²) in [6, 6.07) is 5.54. The third-order valence-electron chi connectivity index (χ3n) is 6.57. The van der Waals surface area contributed by atoms with Crippen molar-refractivity contribution in [2.75, 3.05) is 13.2 Å². The average molecular weight is 518 g/mol. The van der Waals surface area contributed by atoms with Gasteiger partial charge in [0, 0.05) is 35.4 Å². The van der Waals surface area contributed by atoms with Crippen LogP contribution in [0, 0.1) is 5.92 Å². The number of nitrogens with one attached hydrogen (secondary N) is 2. The molecular weight excluding hydrogens is 482 g/mol. The Balaban J connectivity index is 1.65. The Morgan fingerprint density at radius 1 is 1.06 bits per heavy atom. The number of thiazole rings is 1. The van der Waals surface area contributed by atoms with Crippen molar-refractivity contribution in [1.29, 1.82) is 0 Å². The van der Waals surface area contributed by atoms with Crippen LogP contribution >= 0.6 is 22.9 Å². The van der Waals surface area contributed by atoms with Crippen LogP contribution in [-0.4, -0.2) is 41.6 Å². The number of amides is 2. The topological polar surface area (TPSA) is 80.3 Å². The molecule has 0 spiro atoms. The Morgan fingerprint density at radius 3 is 2.46 bits per heavy atom. The van der Waals surface area contributed by atoms with E-state index >= 15 is 0 Å². The number of ether oxygens (including phenoxy) is 1. The molecule has 2 fully saturated rings. The molecule has 2 amide bonds. The maximum absolute atomic E-state index is 13.1. The first-order valence-electron chi connectivity index (χ1n) is 12.7. The van der Waals surface area contributed by atoms with Crippen molar-refractivity contribution in [1.82, 2.24) is 15.6 Å². The summed E-state index contributed by atoms with van der Waals surface area (Å²) >= 11 is 7.87. The third kappa shape index (κ3) is 7.28. The lowest BCUT2D eigenvalue weighted by Gasteiger charge is -2.22. The van der Waals surface area contributed by atoms with E-state index in [2.05, 4.69) is 10.6 Å². The maximum Gasteiger partial charge on any atom is 0.280 e. The number of benzene rings is 1. The van der Waals surface area contributed by atoms with Gasteiger partial charge in [0.25, 0.3) is 11.8 Å². The number of nitrogens with zero attached hydrogens (tertiary/aromatic N) is 1. The lowest BCUT2D eigenvalue weighted by Crippen LogP contribution is -2.40. The number of hydrogen-bond donors (Lipinski definition) is 2. The largest absolute Gasteiger partial charge is 0.381 e. The van der Waals surface area contributed by atoms with E-state index in [4.69, 9.17) is 21.3 Å². The monoisotopic (exact) mass is 517 g/mol. The van der Waals surface area contributed by atoms with Crippen LogP contribution in [0.15, 0.2) is 18.2 Å². The minimum Gasteiger partial charge on any atom is -0.381 e. The molecule has 1 aliphatic heterocycles. The molecule has 2 aliphatic rings. The molecule has 35 heavy (non-hydrogen) atoms.